The minimum Gasteiger partial charge on any atom is -0.395 e. The summed E-state index contributed by atoms with van der Waals surface area (Å²) in [5.74, 6) is 0. The van der Waals surface area contributed by atoms with Gasteiger partial charge in [0.1, 0.15) is 0 Å². The normalized spacial score (nSPS) is 12.0. The summed E-state index contributed by atoms with van der Waals surface area (Å²) >= 11 is 7.50. The number of hydrogen-bond donors (Lipinski definition) is 2. The molecule has 0 aliphatic carbocycles. The highest BCUT2D eigenvalue weighted by molar-refractivity contribution is 7.10. The second-order valence-electron chi connectivity index (χ2n) is 4.59. The van der Waals surface area contributed by atoms with Crippen LogP contribution < -0.4 is 5.32 Å². The van der Waals surface area contributed by atoms with Crippen LogP contribution in [0.25, 0.3) is 0 Å². The van der Waals surface area contributed by atoms with Crippen LogP contribution in [0.3, 0.4) is 0 Å². The van der Waals surface area contributed by atoms with Crippen LogP contribution in [0, 0.1) is 0 Å². The van der Waals surface area contributed by atoms with Crippen molar-refractivity contribution in [2.24, 2.45) is 0 Å². The largest absolute Gasteiger partial charge is 0.395 e. The Morgan fingerprint density at radius 1 is 1.38 bits per heavy atom. The summed E-state index contributed by atoms with van der Waals surface area (Å²) in [5, 5.41) is 14.5. The first-order valence-electron chi connectivity index (χ1n) is 6.53. The van der Waals surface area contributed by atoms with Crippen LogP contribution >= 0.6 is 22.9 Å². The molecular formula is C15H17ClN2O2S. The molecule has 0 saturated heterocycles. The van der Waals surface area contributed by atoms with E-state index in [1.54, 1.807) is 30.5 Å². The molecule has 1 aromatic carbocycles. The number of benzene rings is 1. The second kappa shape index (κ2) is 7.45. The Labute approximate surface area is 133 Å². The maximum absolute atomic E-state index is 12.2. The van der Waals surface area contributed by atoms with E-state index in [1.165, 1.54) is 4.90 Å². The van der Waals surface area contributed by atoms with E-state index in [2.05, 4.69) is 5.32 Å². The lowest BCUT2D eigenvalue weighted by Gasteiger charge is -2.23. The van der Waals surface area contributed by atoms with E-state index < -0.39 is 0 Å². The Bertz CT molecular complexity index is 572. The van der Waals surface area contributed by atoms with Gasteiger partial charge in [0, 0.05) is 23.5 Å². The van der Waals surface area contributed by atoms with E-state index in [0.717, 1.165) is 10.4 Å². The summed E-state index contributed by atoms with van der Waals surface area (Å²) in [5.41, 5.74) is 0.965. The quantitative estimate of drug-likeness (QED) is 0.888. The highest BCUT2D eigenvalue weighted by Gasteiger charge is 2.19. The fourth-order valence-electron chi connectivity index (χ4n) is 1.91. The highest BCUT2D eigenvalue weighted by Crippen LogP contribution is 2.27. The molecule has 1 aromatic heterocycles. The van der Waals surface area contributed by atoms with Crippen LogP contribution in [0.5, 0.6) is 0 Å². The Balaban J connectivity index is 2.21. The fraction of sp³-hybridized carbons (Fsp3) is 0.267. The molecule has 2 N–H and O–H groups in total. The molecule has 2 rings (SSSR count). The topological polar surface area (TPSA) is 52.6 Å². The number of halogens is 1. The van der Waals surface area contributed by atoms with Gasteiger partial charge in [-0.1, -0.05) is 29.8 Å². The first-order chi connectivity index (χ1) is 10.1. The van der Waals surface area contributed by atoms with Crippen LogP contribution in [0.15, 0.2) is 41.8 Å². The molecule has 4 nitrogen and oxygen atoms in total. The lowest BCUT2D eigenvalue weighted by Crippen LogP contribution is -2.40. The molecule has 112 valence electrons. The van der Waals surface area contributed by atoms with Crippen molar-refractivity contribution >= 4 is 29.0 Å². The Morgan fingerprint density at radius 2 is 2.10 bits per heavy atom. The summed E-state index contributed by atoms with van der Waals surface area (Å²) in [6, 6.07) is 10.9. The summed E-state index contributed by atoms with van der Waals surface area (Å²) < 4.78 is 0. The number of urea groups is 1. The second-order valence-corrected chi connectivity index (χ2v) is 6.01. The predicted molar refractivity (Wildman–Crippen MR) is 85.9 cm³/mol. The third-order valence-electron chi connectivity index (χ3n) is 3.08. The van der Waals surface area contributed by atoms with E-state index in [1.807, 2.05) is 29.6 Å². The van der Waals surface area contributed by atoms with Gasteiger partial charge in [0.2, 0.25) is 0 Å². The van der Waals surface area contributed by atoms with Gasteiger partial charge in [-0.3, -0.25) is 0 Å². The standard InChI is InChI=1S/C15H17ClN2O2S/c1-18(8-9-19)15(20)17-14(13-3-2-10-21-13)11-4-6-12(16)7-5-11/h2-7,10,14,19H,8-9H2,1H3,(H,17,20). The first kappa shape index (κ1) is 15.8. The molecule has 1 unspecified atom stereocenters. The summed E-state index contributed by atoms with van der Waals surface area (Å²) in [6.07, 6.45) is 0. The number of nitrogens with one attached hydrogen (secondary N) is 1. The molecule has 0 aliphatic heterocycles. The molecule has 1 heterocycles. The lowest BCUT2D eigenvalue weighted by atomic mass is 10.1. The number of hydrogen-bond acceptors (Lipinski definition) is 3. The highest BCUT2D eigenvalue weighted by atomic mass is 35.5. The van der Waals surface area contributed by atoms with E-state index in [9.17, 15) is 4.79 Å². The number of carbonyl (C=O) groups excluding carboxylic acids is 1. The molecular weight excluding hydrogens is 308 g/mol. The van der Waals surface area contributed by atoms with E-state index in [4.69, 9.17) is 16.7 Å². The van der Waals surface area contributed by atoms with Crippen LogP contribution in [0.1, 0.15) is 16.5 Å². The molecule has 0 fully saturated rings. The van der Waals surface area contributed by atoms with E-state index in [-0.39, 0.29) is 18.7 Å². The molecule has 6 heteroatoms. The van der Waals surface area contributed by atoms with Gasteiger partial charge < -0.3 is 15.3 Å². The van der Waals surface area contributed by atoms with Crippen molar-refractivity contribution in [3.05, 3.63) is 57.2 Å². The number of aliphatic hydroxyl groups is 1. The van der Waals surface area contributed by atoms with Gasteiger partial charge in [-0.05, 0) is 29.1 Å². The van der Waals surface area contributed by atoms with Gasteiger partial charge in [-0.2, -0.15) is 0 Å². The molecule has 0 spiro atoms. The summed E-state index contributed by atoms with van der Waals surface area (Å²) in [7, 11) is 1.65. The average molecular weight is 325 g/mol. The molecule has 0 saturated carbocycles. The summed E-state index contributed by atoms with van der Waals surface area (Å²) in [6.45, 7) is 0.234. The number of aliphatic hydroxyl groups excluding tert-OH is 1. The van der Waals surface area contributed by atoms with Gasteiger partial charge in [-0.15, -0.1) is 11.3 Å². The van der Waals surface area contributed by atoms with E-state index >= 15 is 0 Å². The zero-order chi connectivity index (χ0) is 15.2. The number of likely N-dealkylation sites (N-methyl/N-ethyl adjacent to an activating group) is 1. The van der Waals surface area contributed by atoms with Crippen molar-refractivity contribution < 1.29 is 9.90 Å². The van der Waals surface area contributed by atoms with Gasteiger partial charge >= 0.3 is 6.03 Å². The Kier molecular flexibility index (Phi) is 5.61. The third-order valence-corrected chi connectivity index (χ3v) is 4.27. The van der Waals surface area contributed by atoms with Gasteiger partial charge in [0.05, 0.1) is 12.6 Å². The molecule has 2 aromatic rings. The predicted octanol–water partition coefficient (Wildman–Crippen LogP) is 3.12. The number of amides is 2. The zero-order valence-corrected chi connectivity index (χ0v) is 13.2. The number of nitrogens with zero attached hydrogens (tertiary/aromatic N) is 1. The fourth-order valence-corrected chi connectivity index (χ4v) is 2.84. The maximum atomic E-state index is 12.2. The van der Waals surface area contributed by atoms with Crippen molar-refractivity contribution in [3.63, 3.8) is 0 Å². The van der Waals surface area contributed by atoms with Crippen LogP contribution in [-0.4, -0.2) is 36.2 Å². The molecule has 21 heavy (non-hydrogen) atoms. The molecule has 1 atom stereocenters. The zero-order valence-electron chi connectivity index (χ0n) is 11.6. The maximum Gasteiger partial charge on any atom is 0.317 e. The molecule has 2 amide bonds. The van der Waals surface area contributed by atoms with Crippen molar-refractivity contribution in [1.82, 2.24) is 10.2 Å². The lowest BCUT2D eigenvalue weighted by molar-refractivity contribution is 0.188. The minimum atomic E-state index is -0.226. The summed E-state index contributed by atoms with van der Waals surface area (Å²) in [4.78, 5) is 14.7. The van der Waals surface area contributed by atoms with Gasteiger partial charge in [-0.25, -0.2) is 4.79 Å². The van der Waals surface area contributed by atoms with Gasteiger partial charge in [0.15, 0.2) is 0 Å². The van der Waals surface area contributed by atoms with Crippen LogP contribution in [0.2, 0.25) is 5.02 Å². The monoisotopic (exact) mass is 324 g/mol. The number of thiophene rings is 1. The SMILES string of the molecule is CN(CCO)C(=O)NC(c1ccc(Cl)cc1)c1cccs1. The third kappa shape index (κ3) is 4.20. The van der Waals surface area contributed by atoms with Crippen molar-refractivity contribution in [1.29, 1.82) is 0 Å². The molecule has 0 bridgehead atoms. The smallest absolute Gasteiger partial charge is 0.317 e. The first-order valence-corrected chi connectivity index (χ1v) is 7.79. The minimum absolute atomic E-state index is 0.0610. The Hall–Kier alpha value is -1.56. The van der Waals surface area contributed by atoms with Crippen molar-refractivity contribution in [3.8, 4) is 0 Å². The van der Waals surface area contributed by atoms with Crippen molar-refractivity contribution in [2.75, 3.05) is 20.2 Å². The van der Waals surface area contributed by atoms with Crippen LogP contribution in [0.4, 0.5) is 4.79 Å². The molecule has 0 aliphatic rings. The van der Waals surface area contributed by atoms with Crippen LogP contribution in [-0.2, 0) is 0 Å². The average Bonchev–Trinajstić information content (AvgIpc) is 3.00. The van der Waals surface area contributed by atoms with E-state index in [0.29, 0.717) is 11.6 Å². The number of carbonyl (C=O) groups is 1. The Morgan fingerprint density at radius 3 is 2.67 bits per heavy atom. The number of rotatable bonds is 5. The van der Waals surface area contributed by atoms with Crippen molar-refractivity contribution in [2.45, 2.75) is 6.04 Å². The molecule has 0 radical (unpaired) electrons. The van der Waals surface area contributed by atoms with Gasteiger partial charge in [0.25, 0.3) is 0 Å².